The first-order valence-corrected chi connectivity index (χ1v) is 7.17. The van der Waals surface area contributed by atoms with Gasteiger partial charge in [-0.25, -0.2) is 0 Å². The van der Waals surface area contributed by atoms with Crippen LogP contribution in [0.25, 0.3) is 0 Å². The molecule has 1 aromatic rings. The first-order valence-electron chi connectivity index (χ1n) is 5.76. The summed E-state index contributed by atoms with van der Waals surface area (Å²) >= 11 is 0. The number of rotatable bonds is 5. The molecule has 1 aromatic carbocycles. The summed E-state index contributed by atoms with van der Waals surface area (Å²) in [4.78, 5) is 0.0308. The molecule has 20 heavy (non-hydrogen) atoms. The number of aliphatic hydroxyl groups excluding tert-OH is 2. The van der Waals surface area contributed by atoms with Crippen molar-refractivity contribution in [3.05, 3.63) is 42.2 Å². The van der Waals surface area contributed by atoms with E-state index in [1.807, 2.05) is 6.92 Å². The molecule has 0 aliphatic rings. The highest BCUT2D eigenvalue weighted by atomic mass is 32.2. The van der Waals surface area contributed by atoms with Crippen LogP contribution in [0.1, 0.15) is 12.5 Å². The maximum Gasteiger partial charge on any atom is 0.297 e. The molecule has 0 heterocycles. The van der Waals surface area contributed by atoms with E-state index in [2.05, 4.69) is 10.8 Å². The number of allylic oxidation sites excluding steroid dienone is 1. The van der Waals surface area contributed by atoms with Crippen molar-refractivity contribution in [1.29, 1.82) is 0 Å². The second kappa shape index (κ2) is 8.70. The summed E-state index contributed by atoms with van der Waals surface area (Å²) in [6.45, 7) is 5.27. The van der Waals surface area contributed by atoms with Crippen LogP contribution < -0.4 is 5.11 Å². The van der Waals surface area contributed by atoms with Gasteiger partial charge < -0.3 is 15.3 Å². The predicted molar refractivity (Wildman–Crippen MR) is 72.2 cm³/mol. The van der Waals surface area contributed by atoms with Gasteiger partial charge in [0.2, 0.25) is 0 Å². The van der Waals surface area contributed by atoms with Gasteiger partial charge in [-0.15, -0.1) is 12.3 Å². The number of hydrogen-bond acceptors (Lipinski definition) is 6. The minimum atomic E-state index is -3.85. The molecule has 2 N–H and O–H groups in total. The molecule has 1 rings (SSSR count). The number of aryl methyl sites for hydroxylation is 1. The Labute approximate surface area is 119 Å². The molecule has 0 aliphatic heterocycles. The minimum absolute atomic E-state index is 0.0308. The van der Waals surface area contributed by atoms with E-state index in [4.69, 9.17) is 10.2 Å². The van der Waals surface area contributed by atoms with Crippen LogP contribution >= 0.6 is 0 Å². The van der Waals surface area contributed by atoms with E-state index >= 15 is 0 Å². The first kappa shape index (κ1) is 18.6. The van der Waals surface area contributed by atoms with E-state index in [0.29, 0.717) is 0 Å². The molecule has 114 valence electrons. The summed E-state index contributed by atoms with van der Waals surface area (Å²) in [7, 11) is -3.85. The number of benzene rings is 1. The van der Waals surface area contributed by atoms with Crippen molar-refractivity contribution >= 4 is 10.1 Å². The lowest BCUT2D eigenvalue weighted by molar-refractivity contribution is -0.300. The maximum absolute atomic E-state index is 11.5. The molecule has 0 aromatic heterocycles. The van der Waals surface area contributed by atoms with Crippen molar-refractivity contribution in [2.24, 2.45) is 0 Å². The molecule has 0 fully saturated rings. The van der Waals surface area contributed by atoms with Crippen LogP contribution in [0.15, 0.2) is 41.5 Å². The van der Waals surface area contributed by atoms with Gasteiger partial charge in [0.05, 0.1) is 18.1 Å². The average Bonchev–Trinajstić information content (AvgIpc) is 2.36. The zero-order valence-corrected chi connectivity index (χ0v) is 12.3. The van der Waals surface area contributed by atoms with Crippen molar-refractivity contribution in [1.82, 2.24) is 0 Å². The minimum Gasteiger partial charge on any atom is -0.876 e. The highest BCUT2D eigenvalue weighted by molar-refractivity contribution is 7.86. The van der Waals surface area contributed by atoms with Crippen LogP contribution in [0, 0.1) is 6.92 Å². The highest BCUT2D eigenvalue weighted by Crippen LogP contribution is 2.13. The van der Waals surface area contributed by atoms with E-state index in [-0.39, 0.29) is 10.7 Å². The lowest BCUT2D eigenvalue weighted by atomic mass is 10.2. The standard InChI is InChI=1S/C10H14O5S.C3H6O/c1-8-2-4-10(5-3-8)16(13,14)15-7-9(12)6-11;1-3(2)4/h2-5,9,11-12H,6-7H2,1H3;4H,1H2,2H3/p-1/t9-;/m0./s1. The van der Waals surface area contributed by atoms with Gasteiger partial charge in [0.25, 0.3) is 10.1 Å². The summed E-state index contributed by atoms with van der Waals surface area (Å²) in [5.74, 6) is -0.0833. The van der Waals surface area contributed by atoms with Gasteiger partial charge in [0.15, 0.2) is 0 Å². The molecule has 0 amide bonds. The monoisotopic (exact) mass is 303 g/mol. The van der Waals surface area contributed by atoms with Gasteiger partial charge >= 0.3 is 0 Å². The zero-order chi connectivity index (χ0) is 15.8. The van der Waals surface area contributed by atoms with Crippen LogP contribution in [0.4, 0.5) is 0 Å². The van der Waals surface area contributed by atoms with Gasteiger partial charge in [-0.2, -0.15) is 8.42 Å². The molecule has 6 nitrogen and oxygen atoms in total. The summed E-state index contributed by atoms with van der Waals surface area (Å²) in [5, 5.41) is 26.8. The third-order valence-electron chi connectivity index (χ3n) is 1.94. The summed E-state index contributed by atoms with van der Waals surface area (Å²) in [5.41, 5.74) is 0.939. The number of hydrogen-bond donors (Lipinski definition) is 2. The van der Waals surface area contributed by atoms with Gasteiger partial charge in [0, 0.05) is 0 Å². The quantitative estimate of drug-likeness (QED) is 0.582. The molecule has 7 heteroatoms. The molecule has 0 saturated heterocycles. The fourth-order valence-corrected chi connectivity index (χ4v) is 1.94. The Balaban J connectivity index is 0.000000796. The van der Waals surface area contributed by atoms with E-state index < -0.39 is 29.4 Å². The molecule has 0 bridgehead atoms. The van der Waals surface area contributed by atoms with Gasteiger partial charge in [-0.1, -0.05) is 24.6 Å². The zero-order valence-electron chi connectivity index (χ0n) is 11.4. The Morgan fingerprint density at radius 1 is 1.40 bits per heavy atom. The molecular weight excluding hydrogens is 284 g/mol. The lowest BCUT2D eigenvalue weighted by Crippen LogP contribution is -2.22. The van der Waals surface area contributed by atoms with E-state index in [1.165, 1.54) is 19.1 Å². The van der Waals surface area contributed by atoms with Crippen molar-refractivity contribution < 1.29 is 27.9 Å². The van der Waals surface area contributed by atoms with Gasteiger partial charge in [0.1, 0.15) is 6.10 Å². The van der Waals surface area contributed by atoms with Crippen LogP contribution in [0.2, 0.25) is 0 Å². The highest BCUT2D eigenvalue weighted by Gasteiger charge is 2.16. The topological polar surface area (TPSA) is 107 Å². The summed E-state index contributed by atoms with van der Waals surface area (Å²) in [6.07, 6.45) is -1.19. The number of aliphatic hydroxyl groups is 2. The lowest BCUT2D eigenvalue weighted by Gasteiger charge is -2.08. The normalized spacial score (nSPS) is 12.2. The summed E-state index contributed by atoms with van der Waals surface area (Å²) < 4.78 is 27.7. The molecule has 0 unspecified atom stereocenters. The molecule has 0 radical (unpaired) electrons. The Bertz CT molecular complexity index is 502. The van der Waals surface area contributed by atoms with Gasteiger partial charge in [-0.05, 0) is 19.1 Å². The first-order chi connectivity index (χ1) is 9.19. The third-order valence-corrected chi connectivity index (χ3v) is 3.23. The molecule has 0 saturated carbocycles. The fourth-order valence-electron chi connectivity index (χ4n) is 0.994. The van der Waals surface area contributed by atoms with Crippen LogP contribution in [-0.2, 0) is 14.3 Å². The van der Waals surface area contributed by atoms with Crippen molar-refractivity contribution in [3.8, 4) is 0 Å². The predicted octanol–water partition coefficient (Wildman–Crippen LogP) is -0.0662. The van der Waals surface area contributed by atoms with Crippen molar-refractivity contribution in [3.63, 3.8) is 0 Å². The summed E-state index contributed by atoms with van der Waals surface area (Å²) in [6, 6.07) is 6.16. The smallest absolute Gasteiger partial charge is 0.297 e. The van der Waals surface area contributed by atoms with Crippen molar-refractivity contribution in [2.45, 2.75) is 24.8 Å². The molecule has 0 spiro atoms. The molecule has 1 atom stereocenters. The second-order valence-corrected chi connectivity index (χ2v) is 5.71. The van der Waals surface area contributed by atoms with Crippen LogP contribution in [0.3, 0.4) is 0 Å². The van der Waals surface area contributed by atoms with Crippen LogP contribution in [0.5, 0.6) is 0 Å². The Kier molecular flexibility index (Phi) is 8.09. The largest absolute Gasteiger partial charge is 0.876 e. The van der Waals surface area contributed by atoms with Crippen molar-refractivity contribution in [2.75, 3.05) is 13.2 Å². The molecular formula is C13H19O6S-. The average molecular weight is 303 g/mol. The Hall–Kier alpha value is -1.41. The maximum atomic E-state index is 11.5. The Morgan fingerprint density at radius 2 is 1.85 bits per heavy atom. The SMILES string of the molecule is C=C(C)[O-].Cc1ccc(S(=O)(=O)OC[C@@H](O)CO)cc1. The third kappa shape index (κ3) is 7.90. The second-order valence-electron chi connectivity index (χ2n) is 4.09. The van der Waals surface area contributed by atoms with E-state index in [0.717, 1.165) is 5.56 Å². The van der Waals surface area contributed by atoms with E-state index in [9.17, 15) is 13.5 Å². The Morgan fingerprint density at radius 3 is 2.25 bits per heavy atom. The molecule has 0 aliphatic carbocycles. The van der Waals surface area contributed by atoms with E-state index in [1.54, 1.807) is 12.1 Å². The van der Waals surface area contributed by atoms with Gasteiger partial charge in [-0.3, -0.25) is 4.18 Å². The van der Waals surface area contributed by atoms with Crippen LogP contribution in [-0.4, -0.2) is 37.9 Å². The fraction of sp³-hybridized carbons (Fsp3) is 0.385.